The molecular formula is C14H13F3N5S+. The van der Waals surface area contributed by atoms with Crippen molar-refractivity contribution in [1.82, 2.24) is 5.43 Å². The van der Waals surface area contributed by atoms with Gasteiger partial charge in [-0.15, -0.1) is 5.10 Å². The molecule has 0 atom stereocenters. The summed E-state index contributed by atoms with van der Waals surface area (Å²) >= 11 is 4.92. The third kappa shape index (κ3) is 4.65. The quantitative estimate of drug-likeness (QED) is 0.346. The second kappa shape index (κ2) is 7.05. The third-order valence-corrected chi connectivity index (χ3v) is 2.94. The highest BCUT2D eigenvalue weighted by molar-refractivity contribution is 7.80. The van der Waals surface area contributed by atoms with Crippen molar-refractivity contribution in [3.8, 4) is 0 Å². The first-order valence-corrected chi connectivity index (χ1v) is 6.82. The summed E-state index contributed by atoms with van der Waals surface area (Å²) in [7, 11) is 0. The summed E-state index contributed by atoms with van der Waals surface area (Å²) in [5.74, 6) is 0.110. The molecule has 5 N–H and O–H groups in total. The Morgan fingerprint density at radius 1 is 1.13 bits per heavy atom. The Bertz CT molecular complexity index is 716. The van der Waals surface area contributed by atoms with Crippen molar-refractivity contribution in [3.05, 3.63) is 59.9 Å². The normalized spacial score (nSPS) is 11.9. The first-order valence-electron chi connectivity index (χ1n) is 6.41. The Morgan fingerprint density at radius 2 is 1.83 bits per heavy atom. The predicted octanol–water partition coefficient (Wildman–Crippen LogP) is 2.13. The van der Waals surface area contributed by atoms with E-state index in [4.69, 9.17) is 18.0 Å². The first-order chi connectivity index (χ1) is 10.9. The molecule has 0 amide bonds. The summed E-state index contributed by atoms with van der Waals surface area (Å²) in [4.78, 5) is 2.86. The van der Waals surface area contributed by atoms with Crippen molar-refractivity contribution in [1.29, 1.82) is 0 Å². The number of rotatable bonds is 3. The van der Waals surface area contributed by atoms with Gasteiger partial charge in [0.2, 0.25) is 11.5 Å². The molecular weight excluding hydrogens is 327 g/mol. The van der Waals surface area contributed by atoms with Crippen molar-refractivity contribution in [3.63, 3.8) is 0 Å². The number of benzene rings is 1. The maximum absolute atomic E-state index is 12.9. The van der Waals surface area contributed by atoms with Crippen LogP contribution in [0, 0.1) is 0 Å². The molecule has 0 radical (unpaired) electrons. The van der Waals surface area contributed by atoms with E-state index in [1.165, 1.54) is 18.2 Å². The molecule has 0 aliphatic rings. The zero-order valence-electron chi connectivity index (χ0n) is 11.7. The van der Waals surface area contributed by atoms with Crippen molar-refractivity contribution >= 4 is 28.9 Å². The number of hydrazone groups is 1. The number of nitrogens with two attached hydrogens (primary N) is 1. The molecule has 0 saturated heterocycles. The van der Waals surface area contributed by atoms with Gasteiger partial charge in [0, 0.05) is 12.1 Å². The zero-order valence-corrected chi connectivity index (χ0v) is 12.5. The van der Waals surface area contributed by atoms with E-state index in [0.29, 0.717) is 5.69 Å². The first kappa shape index (κ1) is 16.7. The number of nitrogens with one attached hydrogen (secondary N) is 3. The number of alkyl halides is 3. The molecule has 23 heavy (non-hydrogen) atoms. The van der Waals surface area contributed by atoms with Crippen LogP contribution in [0.15, 0.2) is 53.8 Å². The largest absolute Gasteiger partial charge is 0.418 e. The minimum Gasteiger partial charge on any atom is -0.377 e. The van der Waals surface area contributed by atoms with Gasteiger partial charge in [0.1, 0.15) is 0 Å². The van der Waals surface area contributed by atoms with Gasteiger partial charge in [0.15, 0.2) is 11.3 Å². The predicted molar refractivity (Wildman–Crippen MR) is 84.5 cm³/mol. The molecule has 2 rings (SSSR count). The van der Waals surface area contributed by atoms with Crippen LogP contribution in [0.3, 0.4) is 0 Å². The number of thiocarbonyl (C=S) groups is 1. The average Bonchev–Trinajstić information content (AvgIpc) is 2.53. The number of amidine groups is 1. The molecule has 0 aliphatic heterocycles. The topological polar surface area (TPSA) is 76.6 Å². The van der Waals surface area contributed by atoms with Gasteiger partial charge in [-0.1, -0.05) is 12.1 Å². The number of aromatic nitrogens is 1. The minimum absolute atomic E-state index is 0.110. The fourth-order valence-electron chi connectivity index (χ4n) is 1.71. The molecule has 0 bridgehead atoms. The third-order valence-electron chi connectivity index (χ3n) is 2.74. The molecule has 0 fully saturated rings. The molecule has 5 nitrogen and oxygen atoms in total. The van der Waals surface area contributed by atoms with Crippen LogP contribution in [-0.4, -0.2) is 10.9 Å². The number of halogens is 3. The minimum atomic E-state index is -4.49. The maximum atomic E-state index is 12.9. The highest BCUT2D eigenvalue weighted by atomic mass is 32.1. The van der Waals surface area contributed by atoms with Gasteiger partial charge in [-0.25, -0.2) is 4.98 Å². The van der Waals surface area contributed by atoms with Crippen LogP contribution in [0.1, 0.15) is 11.3 Å². The van der Waals surface area contributed by atoms with Gasteiger partial charge in [-0.05, 0) is 30.4 Å². The van der Waals surface area contributed by atoms with Crippen LogP contribution >= 0.6 is 12.2 Å². The maximum Gasteiger partial charge on any atom is 0.418 e. The lowest BCUT2D eigenvalue weighted by Crippen LogP contribution is -2.31. The van der Waals surface area contributed by atoms with Crippen molar-refractivity contribution < 1.29 is 18.2 Å². The molecule has 1 aromatic carbocycles. The smallest absolute Gasteiger partial charge is 0.377 e. The van der Waals surface area contributed by atoms with E-state index in [1.54, 1.807) is 24.4 Å². The second-order valence-corrected chi connectivity index (χ2v) is 4.79. The molecule has 0 saturated carbocycles. The Morgan fingerprint density at radius 3 is 2.48 bits per heavy atom. The fourth-order valence-corrected chi connectivity index (χ4v) is 1.87. The zero-order chi connectivity index (χ0) is 16.9. The number of para-hydroxylation sites is 1. The lowest BCUT2D eigenvalue weighted by Gasteiger charge is -2.14. The van der Waals surface area contributed by atoms with Gasteiger partial charge in [0.25, 0.3) is 0 Å². The summed E-state index contributed by atoms with van der Waals surface area (Å²) < 4.78 is 38.6. The van der Waals surface area contributed by atoms with Crippen LogP contribution in [0.5, 0.6) is 0 Å². The second-order valence-electron chi connectivity index (χ2n) is 4.38. The van der Waals surface area contributed by atoms with E-state index in [0.717, 1.165) is 6.07 Å². The number of hydrogen-bond acceptors (Lipinski definition) is 2. The Hall–Kier alpha value is -2.68. The molecule has 0 unspecified atom stereocenters. The van der Waals surface area contributed by atoms with E-state index < -0.39 is 11.7 Å². The Labute approximate surface area is 135 Å². The van der Waals surface area contributed by atoms with Crippen LogP contribution in [0.4, 0.5) is 18.9 Å². The summed E-state index contributed by atoms with van der Waals surface area (Å²) in [5, 5.41) is 6.15. The summed E-state index contributed by atoms with van der Waals surface area (Å²) in [6.07, 6.45) is -2.83. The van der Waals surface area contributed by atoms with E-state index in [2.05, 4.69) is 20.8 Å². The number of anilines is 1. The average molecular weight is 340 g/mol. The van der Waals surface area contributed by atoms with Crippen LogP contribution in [-0.2, 0) is 6.18 Å². The van der Waals surface area contributed by atoms with Crippen LogP contribution in [0.2, 0.25) is 0 Å². The summed E-state index contributed by atoms with van der Waals surface area (Å²) in [5.41, 5.74) is 7.68. The van der Waals surface area contributed by atoms with Gasteiger partial charge < -0.3 is 11.1 Å². The highest BCUT2D eigenvalue weighted by Crippen LogP contribution is 2.34. The highest BCUT2D eigenvalue weighted by Gasteiger charge is 2.33. The van der Waals surface area contributed by atoms with E-state index in [1.807, 2.05) is 0 Å². The van der Waals surface area contributed by atoms with Crippen LogP contribution < -0.4 is 21.5 Å². The Kier molecular flexibility index (Phi) is 5.12. The summed E-state index contributed by atoms with van der Waals surface area (Å²) in [6.45, 7) is 0. The number of pyridine rings is 1. The van der Waals surface area contributed by atoms with Gasteiger partial charge >= 0.3 is 6.18 Å². The van der Waals surface area contributed by atoms with Crippen LogP contribution in [0.25, 0.3) is 0 Å². The van der Waals surface area contributed by atoms with Gasteiger partial charge in [-0.3, -0.25) is 5.43 Å². The SMILES string of the molecule is NC(=NNC(=S)Nc1ccccc1C(F)(F)F)c1cccc[nH+]1. The van der Waals surface area contributed by atoms with Crippen molar-refractivity contribution in [2.75, 3.05) is 5.32 Å². The molecule has 9 heteroatoms. The van der Waals surface area contributed by atoms with Gasteiger partial charge in [0.05, 0.1) is 11.3 Å². The Balaban J connectivity index is 2.07. The molecule has 2 aromatic rings. The number of nitrogens with zero attached hydrogens (tertiary/aromatic N) is 1. The standard InChI is InChI=1S/C14H12F3N5S/c15-14(16,17)9-5-1-2-6-10(9)20-13(23)22-21-12(18)11-7-3-4-8-19-11/h1-8H,(H2,18,21)(H2,20,22,23)/p+1. The number of hydrogen-bond donors (Lipinski definition) is 3. The molecule has 1 heterocycles. The molecule has 0 aliphatic carbocycles. The molecule has 120 valence electrons. The lowest BCUT2D eigenvalue weighted by atomic mass is 10.2. The monoisotopic (exact) mass is 340 g/mol. The van der Waals surface area contributed by atoms with E-state index in [-0.39, 0.29) is 16.6 Å². The number of H-pyrrole nitrogens is 1. The van der Waals surface area contributed by atoms with E-state index >= 15 is 0 Å². The number of aromatic amines is 1. The summed E-state index contributed by atoms with van der Waals surface area (Å²) in [6, 6.07) is 10.2. The van der Waals surface area contributed by atoms with Gasteiger partial charge in [-0.2, -0.15) is 13.2 Å². The van der Waals surface area contributed by atoms with Crippen molar-refractivity contribution in [2.24, 2.45) is 10.8 Å². The molecule has 0 spiro atoms. The molecule has 1 aromatic heterocycles. The van der Waals surface area contributed by atoms with Crippen molar-refractivity contribution in [2.45, 2.75) is 6.18 Å². The fraction of sp³-hybridized carbons (Fsp3) is 0.0714. The van der Waals surface area contributed by atoms with E-state index in [9.17, 15) is 13.2 Å². The lowest BCUT2D eigenvalue weighted by molar-refractivity contribution is -0.380.